The van der Waals surface area contributed by atoms with Crippen molar-refractivity contribution in [1.82, 2.24) is 15.5 Å². The fraction of sp³-hybridized carbons (Fsp3) is 0.429. The number of amides is 1. The predicted molar refractivity (Wildman–Crippen MR) is 76.6 cm³/mol. The van der Waals surface area contributed by atoms with Gasteiger partial charge in [0.15, 0.2) is 0 Å². The van der Waals surface area contributed by atoms with E-state index in [1.165, 1.54) is 0 Å². The number of benzene rings is 1. The topological polar surface area (TPSA) is 79.0 Å². The maximum atomic E-state index is 11.9. The third kappa shape index (κ3) is 3.15. The van der Waals surface area contributed by atoms with E-state index in [1.54, 1.807) is 6.20 Å². The Morgan fingerprint density at radius 1 is 1.40 bits per heavy atom. The van der Waals surface area contributed by atoms with Crippen molar-refractivity contribution in [2.75, 3.05) is 25.0 Å². The molecule has 0 atom stereocenters. The van der Waals surface area contributed by atoms with Gasteiger partial charge in [0.05, 0.1) is 17.8 Å². The molecule has 1 aliphatic rings. The highest BCUT2D eigenvalue weighted by Crippen LogP contribution is 2.16. The normalized spacial score (nSPS) is 16.4. The number of carbonyl (C=O) groups excluding carboxylic acids is 1. The molecule has 1 fully saturated rings. The second-order valence-corrected chi connectivity index (χ2v) is 4.98. The summed E-state index contributed by atoms with van der Waals surface area (Å²) in [7, 11) is 0. The van der Waals surface area contributed by atoms with Crippen molar-refractivity contribution in [3.63, 3.8) is 0 Å². The van der Waals surface area contributed by atoms with Crippen molar-refractivity contribution < 1.29 is 9.53 Å². The quantitative estimate of drug-likeness (QED) is 0.784. The standard InChI is InChI=1S/C14H18N4O2/c19-14(9-20-12-3-5-15-6-4-12)17-11-2-1-10-8-16-18-13(10)7-11/h1-2,7-8,12,15H,3-6,9H2,(H,16,18)(H,17,19). The highest BCUT2D eigenvalue weighted by atomic mass is 16.5. The summed E-state index contributed by atoms with van der Waals surface area (Å²) in [5, 5.41) is 14.0. The minimum atomic E-state index is -0.123. The summed E-state index contributed by atoms with van der Waals surface area (Å²) in [4.78, 5) is 11.9. The molecule has 2 heterocycles. The van der Waals surface area contributed by atoms with Gasteiger partial charge in [0.25, 0.3) is 0 Å². The Hall–Kier alpha value is -1.92. The Morgan fingerprint density at radius 2 is 2.25 bits per heavy atom. The molecule has 1 saturated heterocycles. The first-order valence-corrected chi connectivity index (χ1v) is 6.86. The highest BCUT2D eigenvalue weighted by Gasteiger charge is 2.14. The molecule has 0 saturated carbocycles. The van der Waals surface area contributed by atoms with Crippen LogP contribution >= 0.6 is 0 Å². The monoisotopic (exact) mass is 274 g/mol. The number of piperidine rings is 1. The number of anilines is 1. The molecule has 2 aromatic rings. The van der Waals surface area contributed by atoms with E-state index in [0.717, 1.165) is 42.5 Å². The molecule has 1 aliphatic heterocycles. The number of aromatic nitrogens is 2. The van der Waals surface area contributed by atoms with Gasteiger partial charge in [-0.05, 0) is 44.1 Å². The van der Waals surface area contributed by atoms with Gasteiger partial charge in [-0.15, -0.1) is 0 Å². The lowest BCUT2D eigenvalue weighted by atomic mass is 10.1. The van der Waals surface area contributed by atoms with Gasteiger partial charge in [-0.1, -0.05) is 0 Å². The molecule has 0 radical (unpaired) electrons. The number of fused-ring (bicyclic) bond motifs is 1. The van der Waals surface area contributed by atoms with E-state index in [9.17, 15) is 4.79 Å². The largest absolute Gasteiger partial charge is 0.368 e. The van der Waals surface area contributed by atoms with E-state index in [1.807, 2.05) is 18.2 Å². The molecule has 0 spiro atoms. The number of ether oxygens (including phenoxy) is 1. The molecule has 106 valence electrons. The number of hydrogen-bond donors (Lipinski definition) is 3. The Bertz CT molecular complexity index is 590. The zero-order valence-corrected chi connectivity index (χ0v) is 11.2. The van der Waals surface area contributed by atoms with Crippen LogP contribution in [0.1, 0.15) is 12.8 Å². The van der Waals surface area contributed by atoms with Gasteiger partial charge in [-0.3, -0.25) is 9.89 Å². The molecule has 0 aliphatic carbocycles. The SMILES string of the molecule is O=C(COC1CCNCC1)Nc1ccc2cn[nH]c2c1. The molecule has 20 heavy (non-hydrogen) atoms. The maximum Gasteiger partial charge on any atom is 0.250 e. The summed E-state index contributed by atoms with van der Waals surface area (Å²) in [6.45, 7) is 2.03. The summed E-state index contributed by atoms with van der Waals surface area (Å²) in [5.74, 6) is -0.123. The molecular formula is C14H18N4O2. The third-order valence-electron chi connectivity index (χ3n) is 3.46. The van der Waals surface area contributed by atoms with Crippen molar-refractivity contribution >= 4 is 22.5 Å². The smallest absolute Gasteiger partial charge is 0.250 e. The minimum Gasteiger partial charge on any atom is -0.368 e. The van der Waals surface area contributed by atoms with Crippen molar-refractivity contribution in [2.24, 2.45) is 0 Å². The number of nitrogens with zero attached hydrogens (tertiary/aromatic N) is 1. The molecule has 0 unspecified atom stereocenters. The van der Waals surface area contributed by atoms with Crippen LogP contribution in [0.5, 0.6) is 0 Å². The number of hydrogen-bond acceptors (Lipinski definition) is 4. The Labute approximate surface area is 116 Å². The van der Waals surface area contributed by atoms with Gasteiger partial charge in [0.2, 0.25) is 5.91 Å². The number of rotatable bonds is 4. The second kappa shape index (κ2) is 6.02. The average molecular weight is 274 g/mol. The zero-order chi connectivity index (χ0) is 13.8. The summed E-state index contributed by atoms with van der Waals surface area (Å²) in [6, 6.07) is 5.65. The van der Waals surface area contributed by atoms with E-state index in [2.05, 4.69) is 20.8 Å². The Kier molecular flexibility index (Phi) is 3.94. The molecule has 1 aromatic heterocycles. The summed E-state index contributed by atoms with van der Waals surface area (Å²) < 4.78 is 5.62. The van der Waals surface area contributed by atoms with Crippen LogP contribution < -0.4 is 10.6 Å². The molecule has 6 nitrogen and oxygen atoms in total. The van der Waals surface area contributed by atoms with Crippen LogP contribution in [-0.2, 0) is 9.53 Å². The molecule has 1 amide bonds. The van der Waals surface area contributed by atoms with E-state index in [4.69, 9.17) is 4.74 Å². The predicted octanol–water partition coefficient (Wildman–Crippen LogP) is 1.27. The first-order valence-electron chi connectivity index (χ1n) is 6.86. The second-order valence-electron chi connectivity index (χ2n) is 4.98. The average Bonchev–Trinajstić information content (AvgIpc) is 2.94. The van der Waals surface area contributed by atoms with Crippen LogP contribution in [0.3, 0.4) is 0 Å². The van der Waals surface area contributed by atoms with Crippen molar-refractivity contribution in [2.45, 2.75) is 18.9 Å². The zero-order valence-electron chi connectivity index (χ0n) is 11.2. The summed E-state index contributed by atoms with van der Waals surface area (Å²) in [6.07, 6.45) is 3.87. The Morgan fingerprint density at radius 3 is 3.10 bits per heavy atom. The fourth-order valence-corrected chi connectivity index (χ4v) is 2.37. The summed E-state index contributed by atoms with van der Waals surface area (Å²) >= 11 is 0. The lowest BCUT2D eigenvalue weighted by molar-refractivity contribution is -0.123. The van der Waals surface area contributed by atoms with Crippen molar-refractivity contribution in [3.05, 3.63) is 24.4 Å². The molecule has 1 aromatic carbocycles. The van der Waals surface area contributed by atoms with Gasteiger partial charge in [-0.2, -0.15) is 5.10 Å². The van der Waals surface area contributed by atoms with Crippen LogP contribution in [0.25, 0.3) is 10.9 Å². The number of nitrogens with one attached hydrogen (secondary N) is 3. The van der Waals surface area contributed by atoms with E-state index >= 15 is 0 Å². The first kappa shape index (κ1) is 13.1. The molecule has 3 N–H and O–H groups in total. The third-order valence-corrected chi connectivity index (χ3v) is 3.46. The van der Waals surface area contributed by atoms with Crippen molar-refractivity contribution in [3.8, 4) is 0 Å². The van der Waals surface area contributed by atoms with E-state index in [0.29, 0.717) is 0 Å². The number of carbonyl (C=O) groups is 1. The lowest BCUT2D eigenvalue weighted by Gasteiger charge is -2.22. The number of H-pyrrole nitrogens is 1. The Balaban J connectivity index is 1.52. The van der Waals surface area contributed by atoms with Gasteiger partial charge in [0.1, 0.15) is 6.61 Å². The number of aromatic amines is 1. The van der Waals surface area contributed by atoms with E-state index in [-0.39, 0.29) is 18.6 Å². The highest BCUT2D eigenvalue weighted by molar-refractivity contribution is 5.94. The van der Waals surface area contributed by atoms with Crippen LogP contribution in [0, 0.1) is 0 Å². The molecule has 3 rings (SSSR count). The summed E-state index contributed by atoms with van der Waals surface area (Å²) in [5.41, 5.74) is 1.66. The first-order chi connectivity index (χ1) is 9.81. The van der Waals surface area contributed by atoms with Gasteiger partial charge in [0, 0.05) is 11.1 Å². The fourth-order valence-electron chi connectivity index (χ4n) is 2.37. The van der Waals surface area contributed by atoms with Crippen molar-refractivity contribution in [1.29, 1.82) is 0 Å². The minimum absolute atomic E-state index is 0.103. The van der Waals surface area contributed by atoms with Gasteiger partial charge in [-0.25, -0.2) is 0 Å². The van der Waals surface area contributed by atoms with E-state index < -0.39 is 0 Å². The van der Waals surface area contributed by atoms with Crippen LogP contribution in [0.4, 0.5) is 5.69 Å². The molecule has 6 heteroatoms. The molecular weight excluding hydrogens is 256 g/mol. The molecule has 0 bridgehead atoms. The van der Waals surface area contributed by atoms with Gasteiger partial charge >= 0.3 is 0 Å². The van der Waals surface area contributed by atoms with Crippen LogP contribution in [0.15, 0.2) is 24.4 Å². The van der Waals surface area contributed by atoms with Gasteiger partial charge < -0.3 is 15.4 Å². The lowest BCUT2D eigenvalue weighted by Crippen LogP contribution is -2.34. The van der Waals surface area contributed by atoms with Crippen LogP contribution in [-0.4, -0.2) is 41.9 Å². The van der Waals surface area contributed by atoms with Crippen LogP contribution in [0.2, 0.25) is 0 Å². The maximum absolute atomic E-state index is 11.9.